The van der Waals surface area contributed by atoms with Gasteiger partial charge in [-0.25, -0.2) is 4.79 Å². The fourth-order valence-corrected chi connectivity index (χ4v) is 3.24. The maximum Gasteiger partial charge on any atom is 0.411 e. The van der Waals surface area contributed by atoms with Crippen molar-refractivity contribution >= 4 is 35.0 Å². The molecule has 0 radical (unpaired) electrons. The highest BCUT2D eigenvalue weighted by Gasteiger charge is 2.14. The van der Waals surface area contributed by atoms with E-state index in [2.05, 4.69) is 17.1 Å². The van der Waals surface area contributed by atoms with Crippen LogP contribution in [0.25, 0.3) is 0 Å². The van der Waals surface area contributed by atoms with Gasteiger partial charge in [-0.1, -0.05) is 43.0 Å². The second-order valence-electron chi connectivity index (χ2n) is 6.13. The van der Waals surface area contributed by atoms with Gasteiger partial charge in [-0.15, -0.1) is 0 Å². The highest BCUT2D eigenvalue weighted by Crippen LogP contribution is 2.35. The fourth-order valence-electron chi connectivity index (χ4n) is 2.68. The maximum atomic E-state index is 12.0. The number of carbonyl (C=O) groups is 1. The van der Waals surface area contributed by atoms with Gasteiger partial charge in [0.05, 0.1) is 22.3 Å². The third kappa shape index (κ3) is 6.92. The van der Waals surface area contributed by atoms with Crippen LogP contribution < -0.4 is 10.1 Å². The van der Waals surface area contributed by atoms with Gasteiger partial charge in [0.25, 0.3) is 0 Å². The molecule has 1 N–H and O–H groups in total. The van der Waals surface area contributed by atoms with Crippen molar-refractivity contribution in [3.05, 3.63) is 22.2 Å². The summed E-state index contributed by atoms with van der Waals surface area (Å²) in [7, 11) is 0. The Hall–Kier alpha value is -1.17. The van der Waals surface area contributed by atoms with E-state index >= 15 is 0 Å². The van der Waals surface area contributed by atoms with E-state index < -0.39 is 6.09 Å². The van der Waals surface area contributed by atoms with Crippen LogP contribution in [0.2, 0.25) is 10.0 Å². The molecule has 1 aromatic carbocycles. The summed E-state index contributed by atoms with van der Waals surface area (Å²) in [4.78, 5) is 14.3. The van der Waals surface area contributed by atoms with Gasteiger partial charge >= 0.3 is 6.09 Å². The van der Waals surface area contributed by atoms with Crippen molar-refractivity contribution in [3.63, 3.8) is 0 Å². The first-order valence-corrected chi connectivity index (χ1v) is 9.63. The van der Waals surface area contributed by atoms with Gasteiger partial charge in [0.1, 0.15) is 12.4 Å². The minimum absolute atomic E-state index is 0.326. The maximum absolute atomic E-state index is 12.0. The molecule has 0 saturated carbocycles. The number of halogens is 2. The number of likely N-dealkylation sites (tertiary alicyclic amines) is 1. The standard InChI is InChI=1S/C18H26Cl2N2O3/c1-2-3-10-24-14-12-15(19)17(16(20)13-14)21-18(23)25-11-9-22-7-5-4-6-8-22/h12-13H,2-11H2,1H3,(H,21,23). The molecule has 1 aromatic rings. The highest BCUT2D eigenvalue weighted by molar-refractivity contribution is 6.39. The Kier molecular flexibility index (Phi) is 8.65. The molecule has 1 aliphatic heterocycles. The number of nitrogens with one attached hydrogen (secondary N) is 1. The van der Waals surface area contributed by atoms with E-state index in [1.54, 1.807) is 12.1 Å². The van der Waals surface area contributed by atoms with Crippen LogP contribution >= 0.6 is 23.2 Å². The van der Waals surface area contributed by atoms with Gasteiger partial charge in [-0.05, 0) is 32.4 Å². The lowest BCUT2D eigenvalue weighted by atomic mass is 10.1. The van der Waals surface area contributed by atoms with E-state index in [9.17, 15) is 4.79 Å². The Bertz CT molecular complexity index is 540. The summed E-state index contributed by atoms with van der Waals surface area (Å²) in [5.41, 5.74) is 0.342. The van der Waals surface area contributed by atoms with Crippen molar-refractivity contribution in [1.82, 2.24) is 4.90 Å². The number of carbonyl (C=O) groups excluding carboxylic acids is 1. The molecule has 1 amide bonds. The first kappa shape index (κ1) is 20.1. The molecule has 1 heterocycles. The molecule has 0 aliphatic carbocycles. The first-order valence-electron chi connectivity index (χ1n) is 8.88. The molecule has 1 aliphatic rings. The average Bonchev–Trinajstić information content (AvgIpc) is 2.59. The molecule has 7 heteroatoms. The van der Waals surface area contributed by atoms with Crippen molar-refractivity contribution in [1.29, 1.82) is 0 Å². The number of amides is 1. The zero-order valence-corrected chi connectivity index (χ0v) is 16.2. The van der Waals surface area contributed by atoms with E-state index in [1.165, 1.54) is 19.3 Å². The summed E-state index contributed by atoms with van der Waals surface area (Å²) in [6.45, 7) is 5.93. The minimum atomic E-state index is -0.555. The van der Waals surface area contributed by atoms with Crippen molar-refractivity contribution in [2.75, 3.05) is 38.2 Å². The third-order valence-electron chi connectivity index (χ3n) is 4.10. The molecule has 2 rings (SSSR count). The lowest BCUT2D eigenvalue weighted by Gasteiger charge is -2.25. The Morgan fingerprint density at radius 2 is 1.84 bits per heavy atom. The van der Waals surface area contributed by atoms with Gasteiger partial charge in [0.15, 0.2) is 0 Å². The number of ether oxygens (including phenoxy) is 2. The van der Waals surface area contributed by atoms with E-state index in [1.807, 2.05) is 0 Å². The number of benzene rings is 1. The molecule has 140 valence electrons. The number of rotatable bonds is 8. The van der Waals surface area contributed by atoms with E-state index in [-0.39, 0.29) is 0 Å². The molecule has 0 unspecified atom stereocenters. The molecule has 5 nitrogen and oxygen atoms in total. The van der Waals surface area contributed by atoms with Crippen LogP contribution in [0.5, 0.6) is 5.75 Å². The molecule has 0 atom stereocenters. The first-order chi connectivity index (χ1) is 12.1. The van der Waals surface area contributed by atoms with Crippen molar-refractivity contribution in [2.24, 2.45) is 0 Å². The van der Waals surface area contributed by atoms with Crippen LogP contribution in [0.1, 0.15) is 39.0 Å². The van der Waals surface area contributed by atoms with E-state index in [0.29, 0.717) is 34.7 Å². The smallest absolute Gasteiger partial charge is 0.411 e. The Morgan fingerprint density at radius 1 is 1.16 bits per heavy atom. The predicted molar refractivity (Wildman–Crippen MR) is 102 cm³/mol. The number of unbranched alkanes of at least 4 members (excludes halogenated alkanes) is 1. The van der Waals surface area contributed by atoms with Crippen molar-refractivity contribution in [3.8, 4) is 5.75 Å². The van der Waals surface area contributed by atoms with Gasteiger partial charge < -0.3 is 9.47 Å². The molecule has 1 saturated heterocycles. The normalized spacial score (nSPS) is 15.0. The second-order valence-corrected chi connectivity index (χ2v) is 6.94. The van der Waals surface area contributed by atoms with Crippen LogP contribution in [0.4, 0.5) is 10.5 Å². The van der Waals surface area contributed by atoms with Gasteiger partial charge in [-0.3, -0.25) is 10.2 Å². The second kappa shape index (κ2) is 10.7. The number of anilines is 1. The molecular weight excluding hydrogens is 363 g/mol. The number of hydrogen-bond acceptors (Lipinski definition) is 4. The summed E-state index contributed by atoms with van der Waals surface area (Å²) >= 11 is 12.4. The monoisotopic (exact) mass is 388 g/mol. The lowest BCUT2D eigenvalue weighted by molar-refractivity contribution is 0.131. The van der Waals surface area contributed by atoms with Gasteiger partial charge in [0, 0.05) is 18.7 Å². The van der Waals surface area contributed by atoms with Gasteiger partial charge in [0.2, 0.25) is 0 Å². The van der Waals surface area contributed by atoms with E-state index in [4.69, 9.17) is 32.7 Å². The van der Waals surface area contributed by atoms with Gasteiger partial charge in [-0.2, -0.15) is 0 Å². The topological polar surface area (TPSA) is 50.8 Å². The zero-order valence-electron chi connectivity index (χ0n) is 14.7. The van der Waals surface area contributed by atoms with E-state index in [0.717, 1.165) is 32.5 Å². The molecule has 0 bridgehead atoms. The van der Waals surface area contributed by atoms with Crippen LogP contribution in [0.15, 0.2) is 12.1 Å². The molecule has 25 heavy (non-hydrogen) atoms. The lowest BCUT2D eigenvalue weighted by Crippen LogP contribution is -2.33. The fraction of sp³-hybridized carbons (Fsp3) is 0.611. The Morgan fingerprint density at radius 3 is 2.48 bits per heavy atom. The highest BCUT2D eigenvalue weighted by atomic mass is 35.5. The Labute approximate surface area is 159 Å². The average molecular weight is 389 g/mol. The molecular formula is C18H26Cl2N2O3. The van der Waals surface area contributed by atoms with Crippen LogP contribution in [-0.4, -0.2) is 43.8 Å². The summed E-state index contributed by atoms with van der Waals surface area (Å²) in [6.07, 6.45) is 5.16. The number of piperidine rings is 1. The largest absolute Gasteiger partial charge is 0.493 e. The Balaban J connectivity index is 1.80. The third-order valence-corrected chi connectivity index (χ3v) is 4.69. The van der Waals surface area contributed by atoms with Crippen molar-refractivity contribution < 1.29 is 14.3 Å². The quantitative estimate of drug-likeness (QED) is 0.621. The SMILES string of the molecule is CCCCOc1cc(Cl)c(NC(=O)OCCN2CCCCC2)c(Cl)c1. The zero-order chi connectivity index (χ0) is 18.1. The molecule has 0 spiro atoms. The summed E-state index contributed by atoms with van der Waals surface area (Å²) in [6, 6.07) is 3.29. The van der Waals surface area contributed by atoms with Crippen molar-refractivity contribution in [2.45, 2.75) is 39.0 Å². The number of nitrogens with zero attached hydrogens (tertiary/aromatic N) is 1. The molecule has 1 fully saturated rings. The van der Waals surface area contributed by atoms with Crippen LogP contribution in [0.3, 0.4) is 0 Å². The summed E-state index contributed by atoms with van der Waals surface area (Å²) < 4.78 is 10.8. The predicted octanol–water partition coefficient (Wildman–Crippen LogP) is 5.21. The molecule has 0 aromatic heterocycles. The summed E-state index contributed by atoms with van der Waals surface area (Å²) in [5.74, 6) is 0.590. The van der Waals surface area contributed by atoms with Crippen LogP contribution in [0, 0.1) is 0 Å². The number of hydrogen-bond donors (Lipinski definition) is 1. The summed E-state index contributed by atoms with van der Waals surface area (Å²) in [5, 5.41) is 3.26. The minimum Gasteiger partial charge on any atom is -0.493 e. The van der Waals surface area contributed by atoms with Crippen LogP contribution in [-0.2, 0) is 4.74 Å².